The van der Waals surface area contributed by atoms with E-state index in [-0.39, 0.29) is 23.6 Å². The molecule has 0 radical (unpaired) electrons. The molecule has 2 aromatic rings. The summed E-state index contributed by atoms with van der Waals surface area (Å²) in [4.78, 5) is 15.5. The number of hydrogen-bond acceptors (Lipinski definition) is 7. The minimum Gasteiger partial charge on any atom is -0.493 e. The molecule has 1 N–H and O–H groups in total. The van der Waals surface area contributed by atoms with Crippen LogP contribution in [0.5, 0.6) is 11.5 Å². The van der Waals surface area contributed by atoms with Gasteiger partial charge in [0, 0.05) is 6.20 Å². The zero-order valence-electron chi connectivity index (χ0n) is 11.5. The van der Waals surface area contributed by atoms with Crippen LogP contribution in [0.3, 0.4) is 0 Å². The molecule has 0 unspecified atom stereocenters. The van der Waals surface area contributed by atoms with Gasteiger partial charge in [0.1, 0.15) is 6.61 Å². The standard InChI is InChI=1S/C13H14N2O5S/c1-8-14-5-10(21-8)7-20-13-4-11(15(17)18)9(6-16)3-12(13)19-2/h3-5,16H,6-7H2,1-2H3. The van der Waals surface area contributed by atoms with Crippen molar-refractivity contribution in [2.24, 2.45) is 0 Å². The van der Waals surface area contributed by atoms with Gasteiger partial charge in [-0.05, 0) is 13.0 Å². The van der Waals surface area contributed by atoms with Crippen molar-refractivity contribution in [3.63, 3.8) is 0 Å². The summed E-state index contributed by atoms with van der Waals surface area (Å²) in [5, 5.41) is 21.1. The molecule has 0 spiro atoms. The van der Waals surface area contributed by atoms with Crippen LogP contribution in [0.2, 0.25) is 0 Å². The molecule has 0 saturated carbocycles. The summed E-state index contributed by atoms with van der Waals surface area (Å²) in [5.41, 5.74) is -0.0216. The molecule has 0 amide bonds. The Hall–Kier alpha value is -2.19. The lowest BCUT2D eigenvalue weighted by Crippen LogP contribution is -2.01. The number of ether oxygens (including phenoxy) is 2. The van der Waals surface area contributed by atoms with Crippen LogP contribution in [0.15, 0.2) is 18.3 Å². The average molecular weight is 310 g/mol. The highest BCUT2D eigenvalue weighted by Crippen LogP contribution is 2.35. The highest BCUT2D eigenvalue weighted by Gasteiger charge is 2.19. The molecule has 1 aromatic heterocycles. The van der Waals surface area contributed by atoms with E-state index in [1.54, 1.807) is 6.20 Å². The van der Waals surface area contributed by atoms with Crippen molar-refractivity contribution in [2.45, 2.75) is 20.1 Å². The Labute approximate surface area is 124 Å². The first kappa shape index (κ1) is 15.2. The number of hydrogen-bond donors (Lipinski definition) is 1. The van der Waals surface area contributed by atoms with E-state index in [4.69, 9.17) is 9.47 Å². The van der Waals surface area contributed by atoms with Crippen molar-refractivity contribution in [3.05, 3.63) is 43.9 Å². The Kier molecular flexibility index (Phi) is 4.71. The normalized spacial score (nSPS) is 10.4. The van der Waals surface area contributed by atoms with Gasteiger partial charge in [-0.15, -0.1) is 11.3 Å². The Morgan fingerprint density at radius 1 is 1.43 bits per heavy atom. The fourth-order valence-corrected chi connectivity index (χ4v) is 2.49. The Morgan fingerprint density at radius 3 is 2.71 bits per heavy atom. The highest BCUT2D eigenvalue weighted by atomic mass is 32.1. The van der Waals surface area contributed by atoms with Crippen LogP contribution in [-0.4, -0.2) is 22.1 Å². The van der Waals surface area contributed by atoms with Gasteiger partial charge in [-0.1, -0.05) is 0 Å². The third kappa shape index (κ3) is 3.47. The van der Waals surface area contributed by atoms with Crippen molar-refractivity contribution in [1.82, 2.24) is 4.98 Å². The summed E-state index contributed by atoms with van der Waals surface area (Å²) in [6.07, 6.45) is 1.70. The van der Waals surface area contributed by atoms with E-state index < -0.39 is 11.5 Å². The van der Waals surface area contributed by atoms with Crippen molar-refractivity contribution < 1.29 is 19.5 Å². The molecule has 0 aliphatic carbocycles. The van der Waals surface area contributed by atoms with Gasteiger partial charge in [0.15, 0.2) is 11.5 Å². The van der Waals surface area contributed by atoms with Crippen LogP contribution in [0, 0.1) is 17.0 Å². The first-order valence-corrected chi connectivity index (χ1v) is 6.87. The maximum Gasteiger partial charge on any atom is 0.278 e. The molecule has 0 bridgehead atoms. The van der Waals surface area contributed by atoms with Gasteiger partial charge >= 0.3 is 0 Å². The summed E-state index contributed by atoms with van der Waals surface area (Å²) in [7, 11) is 1.44. The molecule has 0 aliphatic heterocycles. The lowest BCUT2D eigenvalue weighted by atomic mass is 10.1. The second-order valence-corrected chi connectivity index (χ2v) is 5.50. The van der Waals surface area contributed by atoms with Gasteiger partial charge in [-0.3, -0.25) is 10.1 Å². The van der Waals surface area contributed by atoms with Crippen LogP contribution in [-0.2, 0) is 13.2 Å². The zero-order valence-corrected chi connectivity index (χ0v) is 12.3. The summed E-state index contributed by atoms with van der Waals surface area (Å²) in [6, 6.07) is 2.67. The number of methoxy groups -OCH3 is 1. The molecule has 21 heavy (non-hydrogen) atoms. The third-order valence-electron chi connectivity index (χ3n) is 2.77. The van der Waals surface area contributed by atoms with Crippen molar-refractivity contribution in [3.8, 4) is 11.5 Å². The smallest absolute Gasteiger partial charge is 0.278 e. The largest absolute Gasteiger partial charge is 0.493 e. The predicted octanol–water partition coefficient (Wildman–Crippen LogP) is 2.44. The minimum atomic E-state index is -0.561. The molecule has 1 heterocycles. The SMILES string of the molecule is COc1cc(CO)c([N+](=O)[O-])cc1OCc1cnc(C)s1. The molecule has 7 nitrogen and oxygen atoms in total. The Morgan fingerprint density at radius 2 is 2.19 bits per heavy atom. The number of aromatic nitrogens is 1. The molecule has 2 rings (SSSR count). The van der Waals surface area contributed by atoms with Gasteiger partial charge in [0.05, 0.1) is 40.2 Å². The maximum atomic E-state index is 11.0. The lowest BCUT2D eigenvalue weighted by molar-refractivity contribution is -0.386. The number of rotatable bonds is 6. The Bertz CT molecular complexity index is 656. The van der Waals surface area contributed by atoms with Gasteiger partial charge in [0.2, 0.25) is 0 Å². The number of nitrogens with zero attached hydrogens (tertiary/aromatic N) is 2. The number of aliphatic hydroxyl groups excluding tert-OH is 1. The number of benzene rings is 1. The number of aliphatic hydroxyl groups is 1. The number of nitro benzene ring substituents is 1. The molecule has 112 valence electrons. The summed E-state index contributed by atoms with van der Waals surface area (Å²) in [5.74, 6) is 0.596. The van der Waals surface area contributed by atoms with Gasteiger partial charge in [0.25, 0.3) is 5.69 Å². The van der Waals surface area contributed by atoms with Crippen LogP contribution in [0.1, 0.15) is 15.4 Å². The van der Waals surface area contributed by atoms with Crippen LogP contribution in [0.4, 0.5) is 5.69 Å². The van der Waals surface area contributed by atoms with Crippen LogP contribution >= 0.6 is 11.3 Å². The molecule has 1 aromatic carbocycles. The van der Waals surface area contributed by atoms with Gasteiger partial charge in [-0.2, -0.15) is 0 Å². The van der Waals surface area contributed by atoms with Crippen molar-refractivity contribution in [1.29, 1.82) is 0 Å². The molecular weight excluding hydrogens is 296 g/mol. The van der Waals surface area contributed by atoms with E-state index in [0.29, 0.717) is 5.75 Å². The van der Waals surface area contributed by atoms with E-state index in [2.05, 4.69) is 4.98 Å². The van der Waals surface area contributed by atoms with E-state index in [1.165, 1.54) is 30.6 Å². The zero-order chi connectivity index (χ0) is 15.4. The topological polar surface area (TPSA) is 94.7 Å². The number of aryl methyl sites for hydroxylation is 1. The van der Waals surface area contributed by atoms with E-state index in [1.807, 2.05) is 6.92 Å². The molecule has 0 saturated heterocycles. The molecule has 0 fully saturated rings. The Balaban J connectivity index is 2.28. The fourth-order valence-electron chi connectivity index (χ4n) is 1.78. The quantitative estimate of drug-likeness (QED) is 0.650. The predicted molar refractivity (Wildman–Crippen MR) is 76.8 cm³/mol. The van der Waals surface area contributed by atoms with E-state index >= 15 is 0 Å². The van der Waals surface area contributed by atoms with E-state index in [0.717, 1.165) is 9.88 Å². The van der Waals surface area contributed by atoms with Crippen molar-refractivity contribution in [2.75, 3.05) is 7.11 Å². The molecule has 0 atom stereocenters. The molecular formula is C13H14N2O5S. The minimum absolute atomic E-state index is 0.179. The number of nitro groups is 1. The third-order valence-corrected chi connectivity index (χ3v) is 3.66. The summed E-state index contributed by atoms with van der Waals surface area (Å²) < 4.78 is 10.7. The average Bonchev–Trinajstić information content (AvgIpc) is 2.89. The summed E-state index contributed by atoms with van der Waals surface area (Å²) in [6.45, 7) is 1.69. The maximum absolute atomic E-state index is 11.0. The van der Waals surface area contributed by atoms with Crippen LogP contribution < -0.4 is 9.47 Å². The second-order valence-electron chi connectivity index (χ2n) is 4.18. The van der Waals surface area contributed by atoms with Crippen molar-refractivity contribution >= 4 is 17.0 Å². The van der Waals surface area contributed by atoms with Crippen LogP contribution in [0.25, 0.3) is 0 Å². The molecule has 0 aliphatic rings. The second kappa shape index (κ2) is 6.51. The lowest BCUT2D eigenvalue weighted by Gasteiger charge is -2.11. The first-order chi connectivity index (χ1) is 10.0. The van der Waals surface area contributed by atoms with Gasteiger partial charge in [-0.25, -0.2) is 4.98 Å². The number of thiazole rings is 1. The monoisotopic (exact) mass is 310 g/mol. The summed E-state index contributed by atoms with van der Waals surface area (Å²) >= 11 is 1.49. The van der Waals surface area contributed by atoms with E-state index in [9.17, 15) is 15.2 Å². The van der Waals surface area contributed by atoms with Gasteiger partial charge < -0.3 is 14.6 Å². The fraction of sp³-hybridized carbons (Fsp3) is 0.308. The molecule has 8 heteroatoms. The highest BCUT2D eigenvalue weighted by molar-refractivity contribution is 7.11. The first-order valence-electron chi connectivity index (χ1n) is 6.05.